The Morgan fingerprint density at radius 1 is 1.06 bits per heavy atom. The average Bonchev–Trinajstić information content (AvgIpc) is 2.51. The zero-order valence-electron chi connectivity index (χ0n) is 10.6. The second-order valence-electron chi connectivity index (χ2n) is 6.76. The lowest BCUT2D eigenvalue weighted by Crippen LogP contribution is -2.50. The van der Waals surface area contributed by atoms with E-state index in [0.29, 0.717) is 5.92 Å². The predicted octanol–water partition coefficient (Wildman–Crippen LogP) is 1.72. The summed E-state index contributed by atoms with van der Waals surface area (Å²) in [7, 11) is 0. The van der Waals surface area contributed by atoms with E-state index in [1.165, 1.54) is 0 Å². The van der Waals surface area contributed by atoms with Crippen molar-refractivity contribution in [2.75, 3.05) is 13.2 Å². The van der Waals surface area contributed by atoms with Crippen LogP contribution in [0.1, 0.15) is 46.5 Å². The van der Waals surface area contributed by atoms with Crippen LogP contribution in [0.2, 0.25) is 0 Å². The summed E-state index contributed by atoms with van der Waals surface area (Å²) in [6, 6.07) is 0. The first-order valence-electron chi connectivity index (χ1n) is 6.27. The van der Waals surface area contributed by atoms with Gasteiger partial charge in [0.1, 0.15) is 0 Å². The molecule has 2 rings (SSSR count). The normalized spacial score (nSPS) is 43.7. The van der Waals surface area contributed by atoms with Crippen LogP contribution in [0.5, 0.6) is 0 Å². The number of aliphatic hydroxyl groups is 2. The van der Waals surface area contributed by atoms with Crippen molar-refractivity contribution in [3.8, 4) is 0 Å². The molecule has 0 unspecified atom stereocenters. The van der Waals surface area contributed by atoms with E-state index in [1.54, 1.807) is 0 Å². The third kappa shape index (κ3) is 1.89. The van der Waals surface area contributed by atoms with Crippen molar-refractivity contribution in [3.63, 3.8) is 0 Å². The molecule has 2 heterocycles. The topological polar surface area (TPSA) is 49.7 Å². The van der Waals surface area contributed by atoms with Crippen molar-refractivity contribution >= 4 is 0 Å². The summed E-state index contributed by atoms with van der Waals surface area (Å²) in [5.74, 6) is 0.517. The first-order valence-corrected chi connectivity index (χ1v) is 6.27. The van der Waals surface area contributed by atoms with E-state index >= 15 is 0 Å². The molecule has 0 saturated carbocycles. The molecule has 2 saturated heterocycles. The Balaban J connectivity index is 2.24. The van der Waals surface area contributed by atoms with Crippen LogP contribution in [0.4, 0.5) is 0 Å². The molecule has 0 aromatic rings. The summed E-state index contributed by atoms with van der Waals surface area (Å²) in [5, 5.41) is 19.1. The number of hydrogen-bond acceptors (Lipinski definition) is 3. The molecule has 2 N–H and O–H groups in total. The zero-order chi connectivity index (χ0) is 12.0. The second kappa shape index (κ2) is 3.69. The molecule has 3 nitrogen and oxygen atoms in total. The average molecular weight is 228 g/mol. The van der Waals surface area contributed by atoms with Crippen LogP contribution in [-0.4, -0.2) is 34.6 Å². The number of hydrogen-bond donors (Lipinski definition) is 2. The summed E-state index contributed by atoms with van der Waals surface area (Å²) in [6.07, 6.45) is 3.62. The van der Waals surface area contributed by atoms with Crippen molar-refractivity contribution in [2.24, 2.45) is 11.3 Å². The standard InChI is InChI=1S/C13H24O3/c1-11(2,3)10-6-12(8-14)4-5-13(7-10,9-15)16-12/h10,14-15H,4-9H2,1-3H3/t10-,12-,13+. The first kappa shape index (κ1) is 12.3. The molecule has 0 amide bonds. The number of ether oxygens (including phenoxy) is 1. The van der Waals surface area contributed by atoms with Crippen molar-refractivity contribution in [1.29, 1.82) is 0 Å². The summed E-state index contributed by atoms with van der Waals surface area (Å²) < 4.78 is 6.00. The minimum absolute atomic E-state index is 0.0847. The fourth-order valence-corrected chi connectivity index (χ4v) is 3.24. The van der Waals surface area contributed by atoms with Crippen molar-refractivity contribution in [2.45, 2.75) is 57.7 Å². The molecule has 2 aliphatic rings. The molecule has 0 spiro atoms. The van der Waals surface area contributed by atoms with Crippen LogP contribution in [0, 0.1) is 11.3 Å². The molecule has 3 heteroatoms. The third-order valence-electron chi connectivity index (χ3n) is 4.51. The fraction of sp³-hybridized carbons (Fsp3) is 1.00. The highest BCUT2D eigenvalue weighted by atomic mass is 16.6. The van der Waals surface area contributed by atoms with Crippen LogP contribution >= 0.6 is 0 Å². The van der Waals surface area contributed by atoms with Gasteiger partial charge in [0.15, 0.2) is 0 Å². The number of rotatable bonds is 2. The summed E-state index contributed by atoms with van der Waals surface area (Å²) in [4.78, 5) is 0. The lowest BCUT2D eigenvalue weighted by atomic mass is 9.70. The summed E-state index contributed by atoms with van der Waals surface area (Å²) >= 11 is 0. The third-order valence-corrected chi connectivity index (χ3v) is 4.51. The van der Waals surface area contributed by atoms with Gasteiger partial charge in [-0.3, -0.25) is 0 Å². The summed E-state index contributed by atoms with van der Waals surface area (Å²) in [6.45, 7) is 6.87. The lowest BCUT2D eigenvalue weighted by Gasteiger charge is -2.47. The second-order valence-corrected chi connectivity index (χ2v) is 6.76. The summed E-state index contributed by atoms with van der Waals surface area (Å²) in [5.41, 5.74) is -0.535. The minimum Gasteiger partial charge on any atom is -0.393 e. The Hall–Kier alpha value is -0.120. The van der Waals surface area contributed by atoms with Crippen molar-refractivity contribution < 1.29 is 14.9 Å². The zero-order valence-corrected chi connectivity index (χ0v) is 10.6. The monoisotopic (exact) mass is 228 g/mol. The largest absolute Gasteiger partial charge is 0.393 e. The maximum Gasteiger partial charge on any atom is 0.0924 e. The highest BCUT2D eigenvalue weighted by molar-refractivity contribution is 5.05. The van der Waals surface area contributed by atoms with E-state index in [-0.39, 0.29) is 29.8 Å². The Morgan fingerprint density at radius 2 is 1.50 bits per heavy atom. The fourth-order valence-electron chi connectivity index (χ4n) is 3.24. The van der Waals surface area contributed by atoms with Gasteiger partial charge in [0, 0.05) is 0 Å². The molecule has 16 heavy (non-hydrogen) atoms. The molecule has 2 aliphatic heterocycles. The molecular formula is C13H24O3. The van der Waals surface area contributed by atoms with E-state index in [2.05, 4.69) is 20.8 Å². The first-order chi connectivity index (χ1) is 7.35. The Bertz CT molecular complexity index is 251. The van der Waals surface area contributed by atoms with Gasteiger partial charge in [0.2, 0.25) is 0 Å². The highest BCUT2D eigenvalue weighted by Gasteiger charge is 2.56. The Kier molecular flexibility index (Phi) is 2.84. The molecule has 0 radical (unpaired) electrons. The molecule has 2 fully saturated rings. The van der Waals surface area contributed by atoms with Gasteiger partial charge in [-0.25, -0.2) is 0 Å². The van der Waals surface area contributed by atoms with Crippen LogP contribution < -0.4 is 0 Å². The van der Waals surface area contributed by atoms with E-state index in [1.807, 2.05) is 0 Å². The maximum atomic E-state index is 9.56. The van der Waals surface area contributed by atoms with Gasteiger partial charge in [0.05, 0.1) is 24.4 Å². The maximum absolute atomic E-state index is 9.56. The van der Waals surface area contributed by atoms with Crippen LogP contribution in [0.15, 0.2) is 0 Å². The number of fused-ring (bicyclic) bond motifs is 2. The van der Waals surface area contributed by atoms with Gasteiger partial charge in [-0.2, -0.15) is 0 Å². The van der Waals surface area contributed by atoms with E-state index < -0.39 is 0 Å². The molecule has 3 atom stereocenters. The molecule has 2 bridgehead atoms. The molecule has 0 aromatic heterocycles. The van der Waals surface area contributed by atoms with Crippen LogP contribution in [-0.2, 0) is 4.74 Å². The Labute approximate surface area is 97.8 Å². The molecule has 0 aliphatic carbocycles. The molecule has 0 aromatic carbocycles. The van der Waals surface area contributed by atoms with Gasteiger partial charge in [-0.15, -0.1) is 0 Å². The van der Waals surface area contributed by atoms with E-state index in [4.69, 9.17) is 4.74 Å². The number of aliphatic hydroxyl groups excluding tert-OH is 2. The van der Waals surface area contributed by atoms with Crippen LogP contribution in [0.25, 0.3) is 0 Å². The quantitative estimate of drug-likeness (QED) is 0.756. The molecule has 94 valence electrons. The SMILES string of the molecule is CC(C)(C)[C@H]1C[C@]2(CO)CC[C@](CO)(C1)O2. The molecular weight excluding hydrogens is 204 g/mol. The minimum atomic E-state index is -0.376. The van der Waals surface area contributed by atoms with Gasteiger partial charge in [-0.1, -0.05) is 20.8 Å². The predicted molar refractivity (Wildman–Crippen MR) is 62.1 cm³/mol. The highest BCUT2D eigenvalue weighted by Crippen LogP contribution is 2.53. The van der Waals surface area contributed by atoms with E-state index in [9.17, 15) is 10.2 Å². The van der Waals surface area contributed by atoms with Crippen molar-refractivity contribution in [1.82, 2.24) is 0 Å². The van der Waals surface area contributed by atoms with Gasteiger partial charge in [-0.05, 0) is 37.0 Å². The smallest absolute Gasteiger partial charge is 0.0924 e. The lowest BCUT2D eigenvalue weighted by molar-refractivity contribution is -0.197. The van der Waals surface area contributed by atoms with Crippen molar-refractivity contribution in [3.05, 3.63) is 0 Å². The van der Waals surface area contributed by atoms with E-state index in [0.717, 1.165) is 25.7 Å². The Morgan fingerprint density at radius 3 is 1.81 bits per heavy atom. The van der Waals surface area contributed by atoms with Crippen LogP contribution in [0.3, 0.4) is 0 Å². The van der Waals surface area contributed by atoms with Gasteiger partial charge < -0.3 is 14.9 Å². The van der Waals surface area contributed by atoms with Gasteiger partial charge in [0.25, 0.3) is 0 Å². The van der Waals surface area contributed by atoms with Gasteiger partial charge >= 0.3 is 0 Å².